The molecule has 2 aromatic rings. The molecule has 1 heterocycles. The fourth-order valence-electron chi connectivity index (χ4n) is 3.91. The predicted octanol–water partition coefficient (Wildman–Crippen LogP) is 3.34. The molecule has 1 aliphatic rings. The Bertz CT molecular complexity index is 835. The fraction of sp³-hybridized carbons (Fsp3) is 0.417. The number of amides is 2. The van der Waals surface area contributed by atoms with Crippen molar-refractivity contribution in [2.75, 3.05) is 6.54 Å². The van der Waals surface area contributed by atoms with E-state index in [1.807, 2.05) is 44.2 Å². The van der Waals surface area contributed by atoms with Crippen LogP contribution in [0.4, 0.5) is 0 Å². The number of aryl methyl sites for hydroxylation is 1. The molecule has 1 fully saturated rings. The number of hydrogen-bond acceptors (Lipinski definition) is 3. The number of benzene rings is 2. The maximum Gasteiger partial charge on any atom is 0.247 e. The third-order valence-corrected chi connectivity index (χ3v) is 5.25. The molecule has 0 aliphatic carbocycles. The van der Waals surface area contributed by atoms with Gasteiger partial charge in [0, 0.05) is 12.6 Å². The molecule has 154 valence electrons. The highest BCUT2D eigenvalue weighted by atomic mass is 16.2. The monoisotopic (exact) mass is 393 g/mol. The van der Waals surface area contributed by atoms with Crippen molar-refractivity contribution in [2.24, 2.45) is 0 Å². The van der Waals surface area contributed by atoms with E-state index in [-0.39, 0.29) is 23.9 Å². The summed E-state index contributed by atoms with van der Waals surface area (Å²) in [6.45, 7) is 7.55. The fourth-order valence-corrected chi connectivity index (χ4v) is 3.91. The van der Waals surface area contributed by atoms with Crippen LogP contribution in [0.1, 0.15) is 49.4 Å². The van der Waals surface area contributed by atoms with Crippen LogP contribution in [0.25, 0.3) is 0 Å². The average molecular weight is 394 g/mol. The van der Waals surface area contributed by atoms with Crippen molar-refractivity contribution in [3.05, 3.63) is 71.3 Å². The van der Waals surface area contributed by atoms with Crippen LogP contribution in [0.2, 0.25) is 0 Å². The smallest absolute Gasteiger partial charge is 0.247 e. The summed E-state index contributed by atoms with van der Waals surface area (Å²) in [7, 11) is 0. The number of nitrogens with zero attached hydrogens (tertiary/aromatic N) is 1. The summed E-state index contributed by atoms with van der Waals surface area (Å²) in [6.07, 6.45) is 1.79. The average Bonchev–Trinajstić information content (AvgIpc) is 3.14. The van der Waals surface area contributed by atoms with Crippen LogP contribution in [0.3, 0.4) is 0 Å². The zero-order valence-electron chi connectivity index (χ0n) is 17.5. The molecule has 2 N–H and O–H groups in total. The largest absolute Gasteiger partial charge is 0.352 e. The Morgan fingerprint density at radius 1 is 1.07 bits per heavy atom. The second-order valence-electron chi connectivity index (χ2n) is 8.13. The van der Waals surface area contributed by atoms with Crippen LogP contribution in [0.5, 0.6) is 0 Å². The van der Waals surface area contributed by atoms with Gasteiger partial charge in [-0.15, -0.1) is 0 Å². The Balaban J connectivity index is 1.73. The summed E-state index contributed by atoms with van der Waals surface area (Å²) < 4.78 is 0. The summed E-state index contributed by atoms with van der Waals surface area (Å²) in [5.41, 5.74) is 3.22. The van der Waals surface area contributed by atoms with Gasteiger partial charge in [-0.25, -0.2) is 0 Å². The first kappa shape index (κ1) is 21.1. The summed E-state index contributed by atoms with van der Waals surface area (Å²) in [6, 6.07) is 16.9. The molecule has 2 unspecified atom stereocenters. The number of likely N-dealkylation sites (tertiary alicyclic amines) is 1. The van der Waals surface area contributed by atoms with Gasteiger partial charge in [0.15, 0.2) is 0 Å². The second-order valence-corrected chi connectivity index (χ2v) is 8.13. The molecule has 2 atom stereocenters. The first-order valence-corrected chi connectivity index (χ1v) is 10.4. The van der Waals surface area contributed by atoms with Gasteiger partial charge >= 0.3 is 0 Å². The maximum absolute atomic E-state index is 13.2. The summed E-state index contributed by atoms with van der Waals surface area (Å²) in [5.74, 6) is -0.259. The quantitative estimate of drug-likeness (QED) is 0.758. The Kier molecular flexibility index (Phi) is 7.04. The van der Waals surface area contributed by atoms with Gasteiger partial charge in [0.05, 0.1) is 6.04 Å². The van der Waals surface area contributed by atoms with Crippen molar-refractivity contribution in [1.29, 1.82) is 0 Å². The van der Waals surface area contributed by atoms with E-state index in [1.54, 1.807) is 0 Å². The summed E-state index contributed by atoms with van der Waals surface area (Å²) in [5, 5.41) is 5.94. The van der Waals surface area contributed by atoms with E-state index in [9.17, 15) is 9.59 Å². The number of nitrogens with one attached hydrogen (secondary N) is 2. The SMILES string of the molecule is Cc1cccc(CN2CCCC2C(=O)NC(C(=O)NC(C)C)c2ccccc2)c1. The van der Waals surface area contributed by atoms with Gasteiger partial charge in [-0.3, -0.25) is 14.5 Å². The standard InChI is InChI=1S/C24H31N3O2/c1-17(2)25-24(29)22(20-11-5-4-6-12-20)26-23(28)21-13-8-14-27(21)16-19-10-7-9-18(3)15-19/h4-7,9-12,15,17,21-22H,8,13-14,16H2,1-3H3,(H,25,29)(H,26,28). The first-order valence-electron chi connectivity index (χ1n) is 10.4. The van der Waals surface area contributed by atoms with Gasteiger partial charge in [0.1, 0.15) is 6.04 Å². The lowest BCUT2D eigenvalue weighted by molar-refractivity contribution is -0.132. The molecule has 3 rings (SSSR count). The van der Waals surface area contributed by atoms with E-state index in [2.05, 4.69) is 46.7 Å². The molecular weight excluding hydrogens is 362 g/mol. The molecule has 1 aliphatic heterocycles. The lowest BCUT2D eigenvalue weighted by atomic mass is 10.0. The lowest BCUT2D eigenvalue weighted by Gasteiger charge is -2.27. The maximum atomic E-state index is 13.2. The highest BCUT2D eigenvalue weighted by Crippen LogP contribution is 2.22. The Hall–Kier alpha value is -2.66. The highest BCUT2D eigenvalue weighted by Gasteiger charge is 2.33. The minimum atomic E-state index is -0.687. The highest BCUT2D eigenvalue weighted by molar-refractivity contribution is 5.90. The topological polar surface area (TPSA) is 61.4 Å². The van der Waals surface area contributed by atoms with Crippen molar-refractivity contribution in [3.8, 4) is 0 Å². The molecule has 0 spiro atoms. The molecular formula is C24H31N3O2. The van der Waals surface area contributed by atoms with Crippen LogP contribution >= 0.6 is 0 Å². The van der Waals surface area contributed by atoms with Crippen LogP contribution in [-0.2, 0) is 16.1 Å². The lowest BCUT2D eigenvalue weighted by Crippen LogP contribution is -2.48. The van der Waals surface area contributed by atoms with Crippen LogP contribution in [0.15, 0.2) is 54.6 Å². The molecule has 0 bridgehead atoms. The van der Waals surface area contributed by atoms with Crippen molar-refractivity contribution in [2.45, 2.75) is 58.3 Å². The van der Waals surface area contributed by atoms with E-state index in [1.165, 1.54) is 11.1 Å². The van der Waals surface area contributed by atoms with Gasteiger partial charge < -0.3 is 10.6 Å². The molecule has 29 heavy (non-hydrogen) atoms. The van der Waals surface area contributed by atoms with Crippen molar-refractivity contribution in [3.63, 3.8) is 0 Å². The zero-order valence-corrected chi connectivity index (χ0v) is 17.5. The van der Waals surface area contributed by atoms with Crippen LogP contribution in [-0.4, -0.2) is 35.3 Å². The Morgan fingerprint density at radius 2 is 1.83 bits per heavy atom. The predicted molar refractivity (Wildman–Crippen MR) is 115 cm³/mol. The Labute approximate surface area is 173 Å². The molecule has 2 aromatic carbocycles. The van der Waals surface area contributed by atoms with E-state index < -0.39 is 6.04 Å². The molecule has 0 radical (unpaired) electrons. The van der Waals surface area contributed by atoms with Crippen molar-refractivity contribution >= 4 is 11.8 Å². The molecule has 0 saturated carbocycles. The van der Waals surface area contributed by atoms with Crippen molar-refractivity contribution < 1.29 is 9.59 Å². The molecule has 5 heteroatoms. The third kappa shape index (κ3) is 5.67. The first-order chi connectivity index (χ1) is 13.9. The molecule has 5 nitrogen and oxygen atoms in total. The molecule has 2 amide bonds. The van der Waals surface area contributed by atoms with E-state index in [0.29, 0.717) is 0 Å². The minimum absolute atomic E-state index is 0.00918. The number of carbonyl (C=O) groups is 2. The van der Waals surface area contributed by atoms with E-state index in [4.69, 9.17) is 0 Å². The van der Waals surface area contributed by atoms with Gasteiger partial charge in [-0.05, 0) is 51.3 Å². The van der Waals surface area contributed by atoms with Gasteiger partial charge in [0.25, 0.3) is 0 Å². The minimum Gasteiger partial charge on any atom is -0.352 e. The van der Waals surface area contributed by atoms with Gasteiger partial charge in [0.2, 0.25) is 11.8 Å². The summed E-state index contributed by atoms with van der Waals surface area (Å²) >= 11 is 0. The number of hydrogen-bond donors (Lipinski definition) is 2. The van der Waals surface area contributed by atoms with Gasteiger partial charge in [-0.1, -0.05) is 60.2 Å². The van der Waals surface area contributed by atoms with Crippen LogP contribution < -0.4 is 10.6 Å². The third-order valence-electron chi connectivity index (χ3n) is 5.25. The normalized spacial score (nSPS) is 17.9. The Morgan fingerprint density at radius 3 is 2.52 bits per heavy atom. The van der Waals surface area contributed by atoms with E-state index >= 15 is 0 Å². The molecule has 1 saturated heterocycles. The van der Waals surface area contributed by atoms with Crippen molar-refractivity contribution in [1.82, 2.24) is 15.5 Å². The zero-order chi connectivity index (χ0) is 20.8. The molecule has 0 aromatic heterocycles. The number of carbonyl (C=O) groups excluding carboxylic acids is 2. The van der Waals surface area contributed by atoms with Crippen LogP contribution in [0, 0.1) is 6.92 Å². The number of rotatable bonds is 7. The van der Waals surface area contributed by atoms with Gasteiger partial charge in [-0.2, -0.15) is 0 Å². The second kappa shape index (κ2) is 9.70. The van der Waals surface area contributed by atoms with E-state index in [0.717, 1.165) is 31.5 Å². The summed E-state index contributed by atoms with van der Waals surface area (Å²) in [4.78, 5) is 28.1.